The maximum absolute atomic E-state index is 13.6. The largest absolute Gasteiger partial charge is 0.507 e. The number of hydrogen-bond acceptors (Lipinski definition) is 4. The number of unbranched alkanes of at least 4 members (excludes halogenated alkanes) is 2. The third-order valence-corrected chi connectivity index (χ3v) is 6.17. The molecule has 2 aromatic rings. The molecular weight excluding hydrogens is 419 g/mol. The Morgan fingerprint density at radius 2 is 1.70 bits per heavy atom. The second-order valence-electron chi connectivity index (χ2n) is 8.50. The molecule has 33 heavy (non-hydrogen) atoms. The number of allylic oxidation sites excluding steroid dienone is 1. The molecule has 0 spiro atoms. The molecular formula is C28H35FO4. The molecule has 0 bridgehead atoms. The van der Waals surface area contributed by atoms with E-state index < -0.39 is 0 Å². The van der Waals surface area contributed by atoms with Gasteiger partial charge in [-0.2, -0.15) is 0 Å². The van der Waals surface area contributed by atoms with E-state index in [1.807, 2.05) is 26.8 Å². The molecule has 0 amide bonds. The fourth-order valence-corrected chi connectivity index (χ4v) is 4.26. The lowest BCUT2D eigenvalue weighted by Crippen LogP contribution is -2.08. The quantitative estimate of drug-likeness (QED) is 0.233. The zero-order valence-electron chi connectivity index (χ0n) is 20.3. The molecule has 0 aliphatic carbocycles. The van der Waals surface area contributed by atoms with E-state index in [4.69, 9.17) is 4.74 Å². The van der Waals surface area contributed by atoms with Gasteiger partial charge < -0.3 is 9.84 Å². The summed E-state index contributed by atoms with van der Waals surface area (Å²) in [5.41, 5.74) is 5.26. The van der Waals surface area contributed by atoms with Crippen LogP contribution in [-0.4, -0.2) is 23.5 Å². The van der Waals surface area contributed by atoms with Gasteiger partial charge in [0.05, 0.1) is 6.61 Å². The van der Waals surface area contributed by atoms with E-state index in [2.05, 4.69) is 0 Å². The van der Waals surface area contributed by atoms with Crippen molar-refractivity contribution in [2.75, 3.05) is 6.61 Å². The number of carbonyl (C=O) groups excluding carboxylic acids is 2. The van der Waals surface area contributed by atoms with Crippen molar-refractivity contribution in [1.29, 1.82) is 0 Å². The fraction of sp³-hybridized carbons (Fsp3) is 0.429. The average Bonchev–Trinajstić information content (AvgIpc) is 2.77. The minimum absolute atomic E-state index is 0.0437. The van der Waals surface area contributed by atoms with Crippen LogP contribution in [0, 0.1) is 26.6 Å². The molecule has 0 heterocycles. The summed E-state index contributed by atoms with van der Waals surface area (Å²) in [4.78, 5) is 23.2. The standard InChI is InChI=1S/C28H35FO4/c1-6-33-26(31)11-9-7-8-10-25(22-13-15-23(29)16-14-22)27-21(5)24(17-12-18(2)30)19(3)20(4)28(27)32/h12-17,25,32H,6-11H2,1-5H3/b17-12+. The van der Waals surface area contributed by atoms with Gasteiger partial charge in [-0.3, -0.25) is 9.59 Å². The number of rotatable bonds is 11. The van der Waals surface area contributed by atoms with Crippen LogP contribution in [0.4, 0.5) is 4.39 Å². The smallest absolute Gasteiger partial charge is 0.305 e. The first kappa shape index (κ1) is 26.3. The topological polar surface area (TPSA) is 63.6 Å². The van der Waals surface area contributed by atoms with Crippen LogP contribution in [0.2, 0.25) is 0 Å². The van der Waals surface area contributed by atoms with Gasteiger partial charge in [0, 0.05) is 17.9 Å². The Bertz CT molecular complexity index is 1010. The molecule has 5 heteroatoms. The molecule has 0 aliphatic rings. The summed E-state index contributed by atoms with van der Waals surface area (Å²) in [5.74, 6) is -0.435. The second kappa shape index (κ2) is 12.3. The SMILES string of the molecule is CCOC(=O)CCCCCC(c1ccc(F)cc1)c1c(C)c(/C=C/C(C)=O)c(C)c(C)c1O. The first-order chi connectivity index (χ1) is 15.7. The van der Waals surface area contributed by atoms with E-state index in [0.29, 0.717) is 13.0 Å². The number of benzene rings is 2. The maximum atomic E-state index is 13.6. The Labute approximate surface area is 196 Å². The number of ketones is 1. The summed E-state index contributed by atoms with van der Waals surface area (Å²) in [5, 5.41) is 11.2. The summed E-state index contributed by atoms with van der Waals surface area (Å²) < 4.78 is 18.6. The van der Waals surface area contributed by atoms with E-state index in [0.717, 1.165) is 59.1 Å². The van der Waals surface area contributed by atoms with Gasteiger partial charge in [0.15, 0.2) is 5.78 Å². The summed E-state index contributed by atoms with van der Waals surface area (Å²) >= 11 is 0. The van der Waals surface area contributed by atoms with Gasteiger partial charge in [0.25, 0.3) is 0 Å². The van der Waals surface area contributed by atoms with Gasteiger partial charge in [-0.15, -0.1) is 0 Å². The van der Waals surface area contributed by atoms with E-state index in [1.165, 1.54) is 25.1 Å². The van der Waals surface area contributed by atoms with Crippen LogP contribution in [-0.2, 0) is 14.3 Å². The van der Waals surface area contributed by atoms with E-state index in [9.17, 15) is 19.1 Å². The molecule has 2 aromatic carbocycles. The highest BCUT2D eigenvalue weighted by atomic mass is 19.1. The van der Waals surface area contributed by atoms with Crippen molar-refractivity contribution in [3.05, 3.63) is 69.5 Å². The molecule has 0 aliphatic heterocycles. The molecule has 1 unspecified atom stereocenters. The van der Waals surface area contributed by atoms with Crippen LogP contribution in [0.5, 0.6) is 5.75 Å². The molecule has 178 valence electrons. The normalized spacial score (nSPS) is 12.2. The van der Waals surface area contributed by atoms with Gasteiger partial charge in [0.1, 0.15) is 11.6 Å². The first-order valence-corrected chi connectivity index (χ1v) is 11.6. The number of hydrogen-bond donors (Lipinski definition) is 1. The van der Waals surface area contributed by atoms with Gasteiger partial charge in [-0.05, 0) is 93.5 Å². The minimum atomic E-state index is -0.307. The lowest BCUT2D eigenvalue weighted by molar-refractivity contribution is -0.143. The lowest BCUT2D eigenvalue weighted by atomic mass is 9.80. The number of halogens is 1. The summed E-state index contributed by atoms with van der Waals surface area (Å²) in [7, 11) is 0. The van der Waals surface area contributed by atoms with Crippen LogP contribution in [0.1, 0.15) is 85.3 Å². The number of aromatic hydroxyl groups is 1. The fourth-order valence-electron chi connectivity index (χ4n) is 4.26. The van der Waals surface area contributed by atoms with Crippen molar-refractivity contribution >= 4 is 17.8 Å². The first-order valence-electron chi connectivity index (χ1n) is 11.6. The highest BCUT2D eigenvalue weighted by Crippen LogP contribution is 2.42. The number of carbonyl (C=O) groups is 2. The number of esters is 1. The molecule has 0 radical (unpaired) electrons. The molecule has 1 atom stereocenters. The molecule has 0 saturated heterocycles. The second-order valence-corrected chi connectivity index (χ2v) is 8.50. The van der Waals surface area contributed by atoms with Crippen LogP contribution in [0.25, 0.3) is 6.08 Å². The molecule has 4 nitrogen and oxygen atoms in total. The Balaban J connectivity index is 2.41. The van der Waals surface area contributed by atoms with E-state index >= 15 is 0 Å². The van der Waals surface area contributed by atoms with E-state index in [-0.39, 0.29) is 29.2 Å². The third-order valence-electron chi connectivity index (χ3n) is 6.17. The van der Waals surface area contributed by atoms with Crippen molar-refractivity contribution < 1.29 is 23.8 Å². The molecule has 1 N–H and O–H groups in total. The minimum Gasteiger partial charge on any atom is -0.507 e. The molecule has 0 aromatic heterocycles. The van der Waals surface area contributed by atoms with Crippen LogP contribution < -0.4 is 0 Å². The van der Waals surface area contributed by atoms with Crippen molar-refractivity contribution in [2.45, 2.75) is 72.6 Å². The Morgan fingerprint density at radius 3 is 2.30 bits per heavy atom. The van der Waals surface area contributed by atoms with Gasteiger partial charge in [-0.25, -0.2) is 4.39 Å². The summed E-state index contributed by atoms with van der Waals surface area (Å²) in [6.07, 6.45) is 6.90. The highest BCUT2D eigenvalue weighted by Gasteiger charge is 2.24. The summed E-state index contributed by atoms with van der Waals surface area (Å²) in [6.45, 7) is 9.46. The monoisotopic (exact) mass is 454 g/mol. The van der Waals surface area contributed by atoms with Crippen LogP contribution in [0.15, 0.2) is 30.3 Å². The Hall–Kier alpha value is -2.95. The van der Waals surface area contributed by atoms with E-state index in [1.54, 1.807) is 19.1 Å². The highest BCUT2D eigenvalue weighted by molar-refractivity contribution is 5.92. The van der Waals surface area contributed by atoms with Gasteiger partial charge in [-0.1, -0.05) is 31.1 Å². The third kappa shape index (κ3) is 7.01. The lowest BCUT2D eigenvalue weighted by Gasteiger charge is -2.25. The molecule has 0 fully saturated rings. The average molecular weight is 455 g/mol. The van der Waals surface area contributed by atoms with Crippen molar-refractivity contribution in [2.24, 2.45) is 0 Å². The zero-order chi connectivity index (χ0) is 24.5. The van der Waals surface area contributed by atoms with Crippen LogP contribution in [0.3, 0.4) is 0 Å². The Morgan fingerprint density at radius 1 is 1.03 bits per heavy atom. The number of phenolic OH excluding ortho intramolecular Hbond substituents is 1. The van der Waals surface area contributed by atoms with Gasteiger partial charge >= 0.3 is 5.97 Å². The Kier molecular flexibility index (Phi) is 9.83. The van der Waals surface area contributed by atoms with Crippen molar-refractivity contribution in [3.8, 4) is 5.75 Å². The van der Waals surface area contributed by atoms with Gasteiger partial charge in [0.2, 0.25) is 0 Å². The molecule has 2 rings (SSSR count). The zero-order valence-corrected chi connectivity index (χ0v) is 20.3. The predicted molar refractivity (Wildman–Crippen MR) is 130 cm³/mol. The predicted octanol–water partition coefficient (Wildman–Crippen LogP) is 6.70. The maximum Gasteiger partial charge on any atom is 0.305 e. The number of ether oxygens (including phenoxy) is 1. The summed E-state index contributed by atoms with van der Waals surface area (Å²) in [6, 6.07) is 6.40. The van der Waals surface area contributed by atoms with Crippen molar-refractivity contribution in [1.82, 2.24) is 0 Å². The van der Waals surface area contributed by atoms with Crippen molar-refractivity contribution in [3.63, 3.8) is 0 Å². The van der Waals surface area contributed by atoms with Crippen LogP contribution >= 0.6 is 0 Å². The number of phenols is 1. The molecule has 0 saturated carbocycles.